The van der Waals surface area contributed by atoms with Gasteiger partial charge in [-0.1, -0.05) is 49.4 Å². The molecule has 178 valence electrons. The van der Waals surface area contributed by atoms with Gasteiger partial charge in [-0.05, 0) is 31.0 Å². The van der Waals surface area contributed by atoms with Gasteiger partial charge in [0.05, 0.1) is 13.2 Å². The Kier molecular flexibility index (Phi) is 6.39. The van der Waals surface area contributed by atoms with E-state index in [9.17, 15) is 14.4 Å². The van der Waals surface area contributed by atoms with Crippen LogP contribution in [-0.2, 0) is 19.7 Å². The van der Waals surface area contributed by atoms with Gasteiger partial charge in [0.15, 0.2) is 11.2 Å². The number of hydrogen-bond acceptors (Lipinski definition) is 7. The summed E-state index contributed by atoms with van der Waals surface area (Å²) in [6.45, 7) is 4.69. The number of fused-ring (bicyclic) bond motifs is 1. The number of benzene rings is 2. The highest BCUT2D eigenvalue weighted by molar-refractivity contribution is 6.08. The molecule has 2 N–H and O–H groups in total. The molecule has 3 aromatic rings. The van der Waals surface area contributed by atoms with Crippen molar-refractivity contribution in [1.29, 1.82) is 0 Å². The van der Waals surface area contributed by atoms with Crippen molar-refractivity contribution < 1.29 is 28.3 Å². The van der Waals surface area contributed by atoms with Crippen molar-refractivity contribution >= 4 is 28.9 Å². The van der Waals surface area contributed by atoms with Crippen LogP contribution in [-0.4, -0.2) is 59.6 Å². The van der Waals surface area contributed by atoms with Gasteiger partial charge in [-0.25, -0.2) is 9.78 Å². The van der Waals surface area contributed by atoms with Crippen LogP contribution in [0.25, 0.3) is 11.1 Å². The zero-order valence-electron chi connectivity index (χ0n) is 19.2. The van der Waals surface area contributed by atoms with Crippen LogP contribution in [0.4, 0.5) is 4.79 Å². The number of ketones is 1. The van der Waals surface area contributed by atoms with Crippen LogP contribution in [0, 0.1) is 0 Å². The second-order valence-corrected chi connectivity index (χ2v) is 8.31. The monoisotopic (exact) mass is 465 g/mol. The summed E-state index contributed by atoms with van der Waals surface area (Å²) in [5.41, 5.74) is 3.21. The Hall–Kier alpha value is -3.72. The second kappa shape index (κ2) is 9.26. The highest BCUT2D eigenvalue weighted by atomic mass is 16.6. The summed E-state index contributed by atoms with van der Waals surface area (Å²) in [6.07, 6.45) is -1.22. The molecule has 0 saturated carbocycles. The molecule has 1 aliphatic heterocycles. The highest BCUT2D eigenvalue weighted by Crippen LogP contribution is 2.44. The minimum atomic E-state index is -2.02. The SMILES string of the molecule is CCC(OC(N)=O)(C(=O)c1nc2ccccc2o1)C(C)(C(=O)N1CCOCC1)c1ccccc1. The van der Waals surface area contributed by atoms with Gasteiger partial charge in [0.2, 0.25) is 5.91 Å². The first-order chi connectivity index (χ1) is 16.3. The molecule has 0 bridgehead atoms. The summed E-state index contributed by atoms with van der Waals surface area (Å²) >= 11 is 0. The fourth-order valence-electron chi connectivity index (χ4n) is 4.66. The van der Waals surface area contributed by atoms with E-state index in [-0.39, 0.29) is 18.2 Å². The summed E-state index contributed by atoms with van der Waals surface area (Å²) < 4.78 is 16.8. The lowest BCUT2D eigenvalue weighted by Crippen LogP contribution is -2.65. The van der Waals surface area contributed by atoms with Gasteiger partial charge in [0, 0.05) is 13.1 Å². The average molecular weight is 466 g/mol. The summed E-state index contributed by atoms with van der Waals surface area (Å²) in [5, 5.41) is 0. The van der Waals surface area contributed by atoms with E-state index >= 15 is 0 Å². The fourth-order valence-corrected chi connectivity index (χ4v) is 4.66. The standard InChI is InChI=1S/C25H27N3O6/c1-3-25(34-23(26)31,20(29)21-27-18-11-7-8-12-19(18)33-21)24(2,17-9-5-4-6-10-17)22(30)28-13-15-32-16-14-28/h4-12H,3,13-16H2,1-2H3,(H2,26,31). The van der Waals surface area contributed by atoms with Crippen LogP contribution in [0.1, 0.15) is 36.5 Å². The molecule has 1 saturated heterocycles. The zero-order chi connectivity index (χ0) is 24.3. The largest absolute Gasteiger partial charge is 0.434 e. The summed E-state index contributed by atoms with van der Waals surface area (Å²) in [5.74, 6) is -1.38. The van der Waals surface area contributed by atoms with E-state index in [0.29, 0.717) is 43.0 Å². The molecule has 1 aliphatic rings. The van der Waals surface area contributed by atoms with E-state index < -0.39 is 22.9 Å². The number of aromatic nitrogens is 1. The molecule has 9 nitrogen and oxygen atoms in total. The number of amides is 2. The predicted octanol–water partition coefficient (Wildman–Crippen LogP) is 3.07. The maximum atomic E-state index is 14.2. The molecule has 2 amide bonds. The van der Waals surface area contributed by atoms with Crippen LogP contribution < -0.4 is 5.73 Å². The molecule has 2 unspecified atom stereocenters. The summed E-state index contributed by atoms with van der Waals surface area (Å²) in [7, 11) is 0. The van der Waals surface area contributed by atoms with E-state index in [0.717, 1.165) is 0 Å². The van der Waals surface area contributed by atoms with Crippen molar-refractivity contribution in [3.8, 4) is 0 Å². The smallest absolute Gasteiger partial charge is 0.405 e. The number of carbonyl (C=O) groups is 3. The van der Waals surface area contributed by atoms with Crippen molar-refractivity contribution in [2.45, 2.75) is 31.3 Å². The molecule has 0 spiro atoms. The first-order valence-electron chi connectivity index (χ1n) is 11.1. The molecule has 2 heterocycles. The van der Waals surface area contributed by atoms with E-state index in [4.69, 9.17) is 19.6 Å². The lowest BCUT2D eigenvalue weighted by Gasteiger charge is -2.46. The third-order valence-electron chi connectivity index (χ3n) is 6.51. The number of Topliss-reactive ketones (excluding diaryl/α,β-unsaturated/α-hetero) is 1. The normalized spacial score (nSPS) is 17.5. The van der Waals surface area contributed by atoms with Crippen LogP contribution in [0.2, 0.25) is 0 Å². The molecule has 0 aliphatic carbocycles. The number of nitrogens with zero attached hydrogens (tertiary/aromatic N) is 2. The van der Waals surface area contributed by atoms with Gasteiger partial charge in [-0.3, -0.25) is 9.59 Å². The highest BCUT2D eigenvalue weighted by Gasteiger charge is 2.63. The minimum Gasteiger partial charge on any atom is -0.434 e. The van der Waals surface area contributed by atoms with Crippen LogP contribution in [0.5, 0.6) is 0 Å². The number of oxazole rings is 1. The van der Waals surface area contributed by atoms with Gasteiger partial charge >= 0.3 is 6.09 Å². The lowest BCUT2D eigenvalue weighted by atomic mass is 9.64. The maximum absolute atomic E-state index is 14.2. The molecule has 1 fully saturated rings. The number of ether oxygens (including phenoxy) is 2. The third kappa shape index (κ3) is 3.81. The first kappa shape index (κ1) is 23.4. The van der Waals surface area contributed by atoms with Crippen molar-refractivity contribution in [3.63, 3.8) is 0 Å². The number of para-hydroxylation sites is 2. The van der Waals surface area contributed by atoms with Crippen molar-refractivity contribution in [2.75, 3.05) is 26.3 Å². The van der Waals surface area contributed by atoms with Gasteiger partial charge in [-0.15, -0.1) is 0 Å². The average Bonchev–Trinajstić information content (AvgIpc) is 3.31. The predicted molar refractivity (Wildman–Crippen MR) is 123 cm³/mol. The van der Waals surface area contributed by atoms with Crippen molar-refractivity contribution in [2.24, 2.45) is 5.73 Å². The minimum absolute atomic E-state index is 0.0467. The van der Waals surface area contributed by atoms with Gasteiger partial charge < -0.3 is 24.5 Å². The Morgan fingerprint density at radius 2 is 1.71 bits per heavy atom. The molecule has 34 heavy (non-hydrogen) atoms. The Bertz CT molecular complexity index is 1170. The number of hydrogen-bond donors (Lipinski definition) is 1. The molecular weight excluding hydrogens is 438 g/mol. The molecule has 1 aromatic heterocycles. The molecule has 2 atom stereocenters. The molecule has 0 radical (unpaired) electrons. The van der Waals surface area contributed by atoms with Crippen LogP contribution >= 0.6 is 0 Å². The number of carbonyl (C=O) groups excluding carboxylic acids is 3. The number of nitrogens with two attached hydrogens (primary N) is 1. The molecule has 9 heteroatoms. The third-order valence-corrected chi connectivity index (χ3v) is 6.51. The Morgan fingerprint density at radius 1 is 1.06 bits per heavy atom. The fraction of sp³-hybridized carbons (Fsp3) is 0.360. The van der Waals surface area contributed by atoms with Crippen LogP contribution in [0.3, 0.4) is 0 Å². The van der Waals surface area contributed by atoms with E-state index in [1.54, 1.807) is 73.3 Å². The van der Waals surface area contributed by atoms with Crippen molar-refractivity contribution in [1.82, 2.24) is 9.88 Å². The zero-order valence-corrected chi connectivity index (χ0v) is 19.2. The number of primary amides is 1. The first-order valence-corrected chi connectivity index (χ1v) is 11.1. The van der Waals surface area contributed by atoms with E-state index in [2.05, 4.69) is 4.98 Å². The van der Waals surface area contributed by atoms with Gasteiger partial charge in [0.25, 0.3) is 11.7 Å². The van der Waals surface area contributed by atoms with E-state index in [1.165, 1.54) is 0 Å². The molecular formula is C25H27N3O6. The summed E-state index contributed by atoms with van der Waals surface area (Å²) in [6, 6.07) is 15.7. The Balaban J connectivity index is 1.94. The van der Waals surface area contributed by atoms with Crippen LogP contribution in [0.15, 0.2) is 59.0 Å². The molecule has 4 rings (SSSR count). The summed E-state index contributed by atoms with van der Waals surface area (Å²) in [4.78, 5) is 46.4. The second-order valence-electron chi connectivity index (χ2n) is 8.31. The topological polar surface area (TPSA) is 125 Å². The lowest BCUT2D eigenvalue weighted by molar-refractivity contribution is -0.149. The number of morpholine rings is 1. The van der Waals surface area contributed by atoms with Gasteiger partial charge in [0.1, 0.15) is 10.9 Å². The number of rotatable bonds is 7. The maximum Gasteiger partial charge on any atom is 0.405 e. The van der Waals surface area contributed by atoms with Crippen molar-refractivity contribution in [3.05, 3.63) is 66.1 Å². The Morgan fingerprint density at radius 3 is 2.32 bits per heavy atom. The van der Waals surface area contributed by atoms with Gasteiger partial charge in [-0.2, -0.15) is 0 Å². The molecule has 2 aromatic carbocycles. The van der Waals surface area contributed by atoms with E-state index in [1.807, 2.05) is 0 Å². The Labute approximate surface area is 196 Å². The quantitative estimate of drug-likeness (QED) is 0.532.